The van der Waals surface area contributed by atoms with Crippen LogP contribution in [-0.4, -0.2) is 13.3 Å². The molecule has 0 aliphatic carbocycles. The normalized spacial score (nSPS) is 13.4. The Kier molecular flexibility index (Phi) is 4.43. The lowest BCUT2D eigenvalue weighted by atomic mass is 10.1. The Morgan fingerprint density at radius 2 is 1.91 bits per heavy atom. The van der Waals surface area contributed by atoms with Gasteiger partial charge >= 0.3 is 0 Å². The lowest BCUT2D eigenvalue weighted by Crippen LogP contribution is -2.24. The Bertz CT molecular complexity index is 721. The minimum absolute atomic E-state index is 0.114. The number of nitrogens with zero attached hydrogens (tertiary/aromatic N) is 1. The second-order valence-corrected chi connectivity index (χ2v) is 5.28. The number of anilines is 1. The van der Waals surface area contributed by atoms with Crippen LogP contribution in [0.1, 0.15) is 18.1 Å². The molecule has 0 unspecified atom stereocenters. The number of fused-ring (bicyclic) bond motifs is 1. The van der Waals surface area contributed by atoms with E-state index < -0.39 is 11.6 Å². The molecular weight excluding hydrogens is 307 g/mol. The molecule has 0 radical (unpaired) electrons. The van der Waals surface area contributed by atoms with Crippen molar-refractivity contribution in [3.63, 3.8) is 0 Å². The van der Waals surface area contributed by atoms with Gasteiger partial charge in [-0.2, -0.15) is 0 Å². The van der Waals surface area contributed by atoms with Gasteiger partial charge in [0.15, 0.2) is 18.4 Å². The highest BCUT2D eigenvalue weighted by atomic mass is 19.2. The topological polar surface area (TPSA) is 21.7 Å². The molecule has 1 aliphatic heterocycles. The molecule has 0 saturated carbocycles. The second-order valence-electron chi connectivity index (χ2n) is 5.28. The van der Waals surface area contributed by atoms with Crippen LogP contribution in [0.25, 0.3) is 0 Å². The smallest absolute Gasteiger partial charge is 0.189 e. The molecular formula is C17H16F3NO2. The van der Waals surface area contributed by atoms with Crippen molar-refractivity contribution >= 4 is 5.69 Å². The Balaban J connectivity index is 1.92. The lowest BCUT2D eigenvalue weighted by Gasteiger charge is -2.27. The average molecular weight is 323 g/mol. The van der Waals surface area contributed by atoms with E-state index in [1.54, 1.807) is 0 Å². The van der Waals surface area contributed by atoms with Gasteiger partial charge in [0.25, 0.3) is 0 Å². The summed E-state index contributed by atoms with van der Waals surface area (Å²) in [6.45, 7) is 3.16. The number of rotatable bonds is 4. The number of hydrogen-bond acceptors (Lipinski definition) is 3. The molecule has 0 bridgehead atoms. The van der Waals surface area contributed by atoms with Crippen LogP contribution in [0, 0.1) is 17.5 Å². The summed E-state index contributed by atoms with van der Waals surface area (Å²) >= 11 is 0. The molecule has 23 heavy (non-hydrogen) atoms. The number of ether oxygens (including phenoxy) is 2. The highest BCUT2D eigenvalue weighted by Gasteiger charge is 2.19. The van der Waals surface area contributed by atoms with Crippen molar-refractivity contribution in [2.45, 2.75) is 20.1 Å². The van der Waals surface area contributed by atoms with Gasteiger partial charge in [0.05, 0.1) is 6.61 Å². The maximum atomic E-state index is 13.8. The maximum absolute atomic E-state index is 13.8. The Morgan fingerprint density at radius 3 is 2.65 bits per heavy atom. The van der Waals surface area contributed by atoms with Gasteiger partial charge in [-0.15, -0.1) is 0 Å². The molecule has 0 N–H and O–H groups in total. The van der Waals surface area contributed by atoms with Crippen LogP contribution in [0.4, 0.5) is 18.9 Å². The van der Waals surface area contributed by atoms with Crippen LogP contribution in [0.3, 0.4) is 0 Å². The summed E-state index contributed by atoms with van der Waals surface area (Å²) in [7, 11) is 0. The first kappa shape index (κ1) is 15.7. The van der Waals surface area contributed by atoms with Gasteiger partial charge in [0.1, 0.15) is 11.6 Å². The van der Waals surface area contributed by atoms with E-state index in [1.807, 2.05) is 11.8 Å². The van der Waals surface area contributed by atoms with E-state index in [0.717, 1.165) is 12.1 Å². The van der Waals surface area contributed by atoms with Crippen molar-refractivity contribution in [2.75, 3.05) is 18.2 Å². The van der Waals surface area contributed by atoms with Crippen LogP contribution in [0.5, 0.6) is 5.75 Å². The third kappa shape index (κ3) is 3.27. The predicted octanol–water partition coefficient (Wildman–Crippen LogP) is 4.00. The first-order valence-corrected chi connectivity index (χ1v) is 7.30. The molecule has 2 aromatic rings. The van der Waals surface area contributed by atoms with E-state index in [2.05, 4.69) is 0 Å². The van der Waals surface area contributed by atoms with E-state index in [0.29, 0.717) is 35.7 Å². The summed E-state index contributed by atoms with van der Waals surface area (Å²) < 4.78 is 51.0. The van der Waals surface area contributed by atoms with Gasteiger partial charge in [-0.05, 0) is 31.2 Å². The highest BCUT2D eigenvalue weighted by Crippen LogP contribution is 2.31. The molecule has 6 heteroatoms. The fraction of sp³-hybridized carbons (Fsp3) is 0.294. The molecule has 0 amide bonds. The molecule has 0 fully saturated rings. The molecule has 0 aromatic heterocycles. The third-order valence-electron chi connectivity index (χ3n) is 3.76. The van der Waals surface area contributed by atoms with Crippen LogP contribution in [0.2, 0.25) is 0 Å². The highest BCUT2D eigenvalue weighted by molar-refractivity contribution is 5.50. The van der Waals surface area contributed by atoms with Crippen molar-refractivity contribution in [2.24, 2.45) is 0 Å². The zero-order valence-corrected chi connectivity index (χ0v) is 12.6. The summed E-state index contributed by atoms with van der Waals surface area (Å²) in [6.07, 6.45) is 0. The van der Waals surface area contributed by atoms with Crippen molar-refractivity contribution in [1.29, 1.82) is 0 Å². The van der Waals surface area contributed by atoms with Crippen molar-refractivity contribution in [3.05, 3.63) is 58.9 Å². The Morgan fingerprint density at radius 1 is 1.09 bits per heavy atom. The summed E-state index contributed by atoms with van der Waals surface area (Å²) in [4.78, 5) is 1.82. The number of hydrogen-bond donors (Lipinski definition) is 0. The molecule has 0 spiro atoms. The van der Waals surface area contributed by atoms with Gasteiger partial charge in [0.2, 0.25) is 0 Å². The standard InChI is InChI=1S/C17H16F3NO2/c1-2-21(14-3-4-15(19)16(20)7-14)8-11-5-13(18)6-12-9-22-10-23-17(11)12/h3-7H,2,8-10H2,1H3. The molecule has 3 nitrogen and oxygen atoms in total. The monoisotopic (exact) mass is 323 g/mol. The summed E-state index contributed by atoms with van der Waals surface area (Å²) in [5, 5.41) is 0. The molecule has 0 atom stereocenters. The SMILES string of the molecule is CCN(Cc1cc(F)cc2c1OCOC2)c1ccc(F)c(F)c1. The van der Waals surface area contributed by atoms with Crippen molar-refractivity contribution in [3.8, 4) is 5.75 Å². The number of halogens is 3. The first-order valence-electron chi connectivity index (χ1n) is 7.30. The van der Waals surface area contributed by atoms with Gasteiger partial charge in [-0.1, -0.05) is 0 Å². The molecule has 1 heterocycles. The zero-order chi connectivity index (χ0) is 16.4. The predicted molar refractivity (Wildman–Crippen MR) is 79.8 cm³/mol. The van der Waals surface area contributed by atoms with Crippen molar-refractivity contribution < 1.29 is 22.6 Å². The van der Waals surface area contributed by atoms with Gasteiger partial charge in [0, 0.05) is 36.0 Å². The average Bonchev–Trinajstić information content (AvgIpc) is 2.55. The van der Waals surface area contributed by atoms with E-state index in [4.69, 9.17) is 9.47 Å². The largest absolute Gasteiger partial charge is 0.467 e. The maximum Gasteiger partial charge on any atom is 0.189 e. The van der Waals surface area contributed by atoms with Gasteiger partial charge in [-0.25, -0.2) is 13.2 Å². The van der Waals surface area contributed by atoms with E-state index in [-0.39, 0.29) is 19.2 Å². The van der Waals surface area contributed by atoms with Crippen molar-refractivity contribution in [1.82, 2.24) is 0 Å². The Labute approximate surface area is 132 Å². The lowest BCUT2D eigenvalue weighted by molar-refractivity contribution is -0.0172. The molecule has 2 aromatic carbocycles. The van der Waals surface area contributed by atoms with Gasteiger partial charge in [-0.3, -0.25) is 0 Å². The zero-order valence-electron chi connectivity index (χ0n) is 12.6. The summed E-state index contributed by atoms with van der Waals surface area (Å²) in [6, 6.07) is 6.49. The number of benzene rings is 2. The van der Waals surface area contributed by atoms with Crippen LogP contribution >= 0.6 is 0 Å². The van der Waals surface area contributed by atoms with Crippen LogP contribution in [0.15, 0.2) is 30.3 Å². The van der Waals surface area contributed by atoms with E-state index >= 15 is 0 Å². The quantitative estimate of drug-likeness (QED) is 0.849. The fourth-order valence-corrected chi connectivity index (χ4v) is 2.65. The third-order valence-corrected chi connectivity index (χ3v) is 3.76. The van der Waals surface area contributed by atoms with E-state index in [9.17, 15) is 13.2 Å². The molecule has 122 valence electrons. The minimum Gasteiger partial charge on any atom is -0.467 e. The minimum atomic E-state index is -0.910. The fourth-order valence-electron chi connectivity index (χ4n) is 2.65. The van der Waals surface area contributed by atoms with E-state index in [1.165, 1.54) is 18.2 Å². The summed E-state index contributed by atoms with van der Waals surface area (Å²) in [5.41, 5.74) is 1.82. The van der Waals surface area contributed by atoms with Gasteiger partial charge < -0.3 is 14.4 Å². The molecule has 1 aliphatic rings. The molecule has 3 rings (SSSR count). The first-order chi connectivity index (χ1) is 11.1. The summed E-state index contributed by atoms with van der Waals surface area (Å²) in [5.74, 6) is -1.59. The van der Waals surface area contributed by atoms with Crippen LogP contribution < -0.4 is 9.64 Å². The van der Waals surface area contributed by atoms with Crippen LogP contribution in [-0.2, 0) is 17.9 Å². The molecule has 0 saturated heterocycles. The second kappa shape index (κ2) is 6.50. The Hall–Kier alpha value is -2.21.